The maximum absolute atomic E-state index is 6.18. The molecule has 94 valence electrons. The summed E-state index contributed by atoms with van der Waals surface area (Å²) >= 11 is 8.49. The Morgan fingerprint density at radius 1 is 1.11 bits per heavy atom. The Labute approximate surface area is 127 Å². The smallest absolute Gasteiger partial charge is 0.0453 e. The van der Waals surface area contributed by atoms with Crippen molar-refractivity contribution in [3.63, 3.8) is 0 Å². The van der Waals surface area contributed by atoms with Crippen molar-refractivity contribution in [2.75, 3.05) is 0 Å². The lowest BCUT2D eigenvalue weighted by molar-refractivity contribution is 0.575. The van der Waals surface area contributed by atoms with Crippen LogP contribution in [0.5, 0.6) is 0 Å². The molecule has 0 bridgehead atoms. The molecule has 2 rings (SSSR count). The van der Waals surface area contributed by atoms with Crippen LogP contribution in [0.1, 0.15) is 24.1 Å². The molecule has 0 aliphatic carbocycles. The molecule has 0 aliphatic rings. The van der Waals surface area contributed by atoms with E-state index in [0.717, 1.165) is 17.1 Å². The zero-order valence-corrected chi connectivity index (χ0v) is 13.1. The van der Waals surface area contributed by atoms with Crippen LogP contribution in [0, 0.1) is 3.57 Å². The van der Waals surface area contributed by atoms with Crippen LogP contribution in [0.4, 0.5) is 0 Å². The van der Waals surface area contributed by atoms with Gasteiger partial charge in [0.25, 0.3) is 0 Å². The normalized spacial score (nSPS) is 12.4. The van der Waals surface area contributed by atoms with E-state index in [0.29, 0.717) is 0 Å². The minimum atomic E-state index is 0.248. The van der Waals surface area contributed by atoms with Gasteiger partial charge in [-0.05, 0) is 58.8 Å². The van der Waals surface area contributed by atoms with Crippen molar-refractivity contribution in [3.8, 4) is 0 Å². The van der Waals surface area contributed by atoms with Crippen molar-refractivity contribution in [1.82, 2.24) is 5.32 Å². The van der Waals surface area contributed by atoms with E-state index >= 15 is 0 Å². The topological polar surface area (TPSA) is 12.0 Å². The van der Waals surface area contributed by atoms with E-state index < -0.39 is 0 Å². The highest BCUT2D eigenvalue weighted by Crippen LogP contribution is 2.22. The molecule has 0 aliphatic heterocycles. The Morgan fingerprint density at radius 3 is 2.44 bits per heavy atom. The van der Waals surface area contributed by atoms with Gasteiger partial charge in [0.1, 0.15) is 0 Å². The molecular weight excluding hydrogens is 357 g/mol. The fourth-order valence-corrected chi connectivity index (χ4v) is 2.47. The van der Waals surface area contributed by atoms with E-state index in [1.54, 1.807) is 0 Å². The minimum absolute atomic E-state index is 0.248. The van der Waals surface area contributed by atoms with E-state index in [1.807, 2.05) is 18.2 Å². The van der Waals surface area contributed by atoms with E-state index in [-0.39, 0.29) is 6.04 Å². The molecule has 3 heteroatoms. The molecule has 1 nitrogen and oxygen atoms in total. The predicted molar refractivity (Wildman–Crippen MR) is 85.9 cm³/mol. The monoisotopic (exact) mass is 371 g/mol. The van der Waals surface area contributed by atoms with Gasteiger partial charge in [0.05, 0.1) is 0 Å². The summed E-state index contributed by atoms with van der Waals surface area (Å²) in [6.45, 7) is 2.98. The summed E-state index contributed by atoms with van der Waals surface area (Å²) in [6.07, 6.45) is 0. The Hall–Kier alpha value is -0.580. The third kappa shape index (κ3) is 3.70. The van der Waals surface area contributed by atoms with Crippen molar-refractivity contribution in [3.05, 3.63) is 68.3 Å². The highest BCUT2D eigenvalue weighted by atomic mass is 127. The second-order valence-corrected chi connectivity index (χ2v) is 5.90. The van der Waals surface area contributed by atoms with Crippen LogP contribution >= 0.6 is 34.2 Å². The highest BCUT2D eigenvalue weighted by Gasteiger charge is 2.07. The lowest BCUT2D eigenvalue weighted by atomic mass is 10.1. The maximum atomic E-state index is 6.18. The first-order valence-electron chi connectivity index (χ1n) is 5.89. The summed E-state index contributed by atoms with van der Waals surface area (Å²) in [4.78, 5) is 0. The summed E-state index contributed by atoms with van der Waals surface area (Å²) in [5.74, 6) is 0. The average molecular weight is 372 g/mol. The molecule has 2 aromatic carbocycles. The van der Waals surface area contributed by atoms with Crippen molar-refractivity contribution >= 4 is 34.2 Å². The Morgan fingerprint density at radius 2 is 1.78 bits per heavy atom. The van der Waals surface area contributed by atoms with E-state index in [1.165, 1.54) is 9.13 Å². The fourth-order valence-electron chi connectivity index (χ4n) is 1.81. The van der Waals surface area contributed by atoms with Gasteiger partial charge in [-0.15, -0.1) is 0 Å². The minimum Gasteiger partial charge on any atom is -0.306 e. The van der Waals surface area contributed by atoms with E-state index in [2.05, 4.69) is 65.2 Å². The first kappa shape index (κ1) is 13.8. The van der Waals surface area contributed by atoms with Crippen LogP contribution in [0.15, 0.2) is 48.5 Å². The third-order valence-corrected chi connectivity index (χ3v) is 3.96. The Balaban J connectivity index is 1.98. The molecule has 18 heavy (non-hydrogen) atoms. The lowest BCUT2D eigenvalue weighted by Crippen LogP contribution is -2.18. The molecule has 0 saturated carbocycles. The van der Waals surface area contributed by atoms with Crippen molar-refractivity contribution in [1.29, 1.82) is 0 Å². The van der Waals surface area contributed by atoms with Crippen LogP contribution in [-0.4, -0.2) is 0 Å². The van der Waals surface area contributed by atoms with Gasteiger partial charge in [0.2, 0.25) is 0 Å². The molecule has 0 aromatic heterocycles. The molecule has 0 spiro atoms. The lowest BCUT2D eigenvalue weighted by Gasteiger charge is -2.15. The molecule has 1 atom stereocenters. The van der Waals surface area contributed by atoms with E-state index in [4.69, 9.17) is 11.6 Å². The molecule has 0 unspecified atom stereocenters. The maximum Gasteiger partial charge on any atom is 0.0453 e. The second-order valence-electron chi connectivity index (χ2n) is 4.25. The largest absolute Gasteiger partial charge is 0.306 e. The summed E-state index contributed by atoms with van der Waals surface area (Å²) in [5.41, 5.74) is 2.43. The quantitative estimate of drug-likeness (QED) is 0.762. The number of rotatable bonds is 4. The molecule has 2 aromatic rings. The molecule has 1 N–H and O–H groups in total. The van der Waals surface area contributed by atoms with Gasteiger partial charge in [-0.3, -0.25) is 0 Å². The van der Waals surface area contributed by atoms with Crippen LogP contribution in [0.2, 0.25) is 5.02 Å². The molecular formula is C15H15ClIN. The number of halogens is 2. The van der Waals surface area contributed by atoms with Crippen LogP contribution in [-0.2, 0) is 6.54 Å². The fraction of sp³-hybridized carbons (Fsp3) is 0.200. The van der Waals surface area contributed by atoms with Crippen LogP contribution < -0.4 is 5.32 Å². The number of hydrogen-bond acceptors (Lipinski definition) is 1. The van der Waals surface area contributed by atoms with Crippen LogP contribution in [0.25, 0.3) is 0 Å². The number of hydrogen-bond donors (Lipinski definition) is 1. The average Bonchev–Trinajstić information content (AvgIpc) is 2.38. The Bertz CT molecular complexity index is 510. The van der Waals surface area contributed by atoms with Gasteiger partial charge < -0.3 is 5.32 Å². The van der Waals surface area contributed by atoms with Gasteiger partial charge in [-0.2, -0.15) is 0 Å². The molecule has 0 amide bonds. The molecule has 0 fully saturated rings. The summed E-state index contributed by atoms with van der Waals surface area (Å²) < 4.78 is 1.26. The number of benzene rings is 2. The first-order chi connectivity index (χ1) is 8.66. The third-order valence-electron chi connectivity index (χ3n) is 2.90. The van der Waals surface area contributed by atoms with Gasteiger partial charge >= 0.3 is 0 Å². The standard InChI is InChI=1S/C15H15ClIN/c1-11(14-4-2-3-5-15(14)16)18-10-12-6-8-13(17)9-7-12/h2-9,11,18H,10H2,1H3/t11-/m0/s1. The Kier molecular flexibility index (Phi) is 5.03. The molecule has 0 heterocycles. The summed E-state index contributed by atoms with van der Waals surface area (Å²) in [6, 6.07) is 16.8. The zero-order chi connectivity index (χ0) is 13.0. The summed E-state index contributed by atoms with van der Waals surface area (Å²) in [5, 5.41) is 4.31. The van der Waals surface area contributed by atoms with Gasteiger partial charge in [-0.1, -0.05) is 41.9 Å². The van der Waals surface area contributed by atoms with Crippen molar-refractivity contribution in [2.24, 2.45) is 0 Å². The number of nitrogens with one attached hydrogen (secondary N) is 1. The highest BCUT2D eigenvalue weighted by molar-refractivity contribution is 14.1. The molecule has 0 saturated heterocycles. The van der Waals surface area contributed by atoms with Crippen LogP contribution in [0.3, 0.4) is 0 Å². The predicted octanol–water partition coefficient (Wildman–Crippen LogP) is 4.80. The van der Waals surface area contributed by atoms with Gasteiger partial charge in [0.15, 0.2) is 0 Å². The summed E-state index contributed by atoms with van der Waals surface area (Å²) in [7, 11) is 0. The SMILES string of the molecule is C[C@H](NCc1ccc(I)cc1)c1ccccc1Cl. The van der Waals surface area contributed by atoms with Crippen molar-refractivity contribution in [2.45, 2.75) is 19.5 Å². The zero-order valence-electron chi connectivity index (χ0n) is 10.2. The van der Waals surface area contributed by atoms with Gasteiger partial charge in [0, 0.05) is 21.2 Å². The first-order valence-corrected chi connectivity index (χ1v) is 7.35. The second kappa shape index (κ2) is 6.55. The van der Waals surface area contributed by atoms with E-state index in [9.17, 15) is 0 Å². The molecule has 0 radical (unpaired) electrons. The van der Waals surface area contributed by atoms with Gasteiger partial charge in [-0.25, -0.2) is 0 Å². The van der Waals surface area contributed by atoms with Crippen molar-refractivity contribution < 1.29 is 0 Å².